The van der Waals surface area contributed by atoms with Gasteiger partial charge in [0.2, 0.25) is 10.0 Å². The van der Waals surface area contributed by atoms with Crippen LogP contribution in [0.5, 0.6) is 0 Å². The summed E-state index contributed by atoms with van der Waals surface area (Å²) in [6.07, 6.45) is 0.132. The van der Waals surface area contributed by atoms with Crippen molar-refractivity contribution in [2.45, 2.75) is 23.9 Å². The normalized spacial score (nSPS) is 21.4. The Morgan fingerprint density at radius 1 is 1.22 bits per heavy atom. The molecule has 0 saturated carbocycles. The zero-order chi connectivity index (χ0) is 13.5. The Kier molecular flexibility index (Phi) is 3.35. The van der Waals surface area contributed by atoms with E-state index in [1.165, 1.54) is 0 Å². The third kappa shape index (κ3) is 2.11. The molecular formula is C10H11F3N2O2S. The molecule has 0 bridgehead atoms. The minimum atomic E-state index is -4.37. The van der Waals surface area contributed by atoms with Crippen LogP contribution in [0.1, 0.15) is 12.8 Å². The molecule has 0 spiro atoms. The van der Waals surface area contributed by atoms with Crippen LogP contribution in [0.15, 0.2) is 17.0 Å². The summed E-state index contributed by atoms with van der Waals surface area (Å²) in [6.45, 7) is 0.0970. The SMILES string of the molecule is NC1CCCN1S(=O)(=O)c1c(F)cc(F)cc1F. The molecule has 1 fully saturated rings. The van der Waals surface area contributed by atoms with Crippen molar-refractivity contribution in [1.29, 1.82) is 0 Å². The van der Waals surface area contributed by atoms with Gasteiger partial charge in [0.1, 0.15) is 17.5 Å². The van der Waals surface area contributed by atoms with Gasteiger partial charge in [0.25, 0.3) is 0 Å². The number of rotatable bonds is 2. The largest absolute Gasteiger partial charge is 0.315 e. The molecule has 0 amide bonds. The molecule has 0 aliphatic carbocycles. The summed E-state index contributed by atoms with van der Waals surface area (Å²) in [6, 6.07) is 0.662. The Morgan fingerprint density at radius 3 is 2.22 bits per heavy atom. The topological polar surface area (TPSA) is 63.4 Å². The van der Waals surface area contributed by atoms with Gasteiger partial charge in [-0.1, -0.05) is 0 Å². The summed E-state index contributed by atoms with van der Waals surface area (Å²) < 4.78 is 64.6. The summed E-state index contributed by atoms with van der Waals surface area (Å²) >= 11 is 0. The maximum atomic E-state index is 13.5. The van der Waals surface area contributed by atoms with E-state index >= 15 is 0 Å². The lowest BCUT2D eigenvalue weighted by Crippen LogP contribution is -2.41. The van der Waals surface area contributed by atoms with Gasteiger partial charge in [-0.05, 0) is 12.8 Å². The van der Waals surface area contributed by atoms with E-state index in [1.807, 2.05) is 0 Å². The molecule has 1 aromatic rings. The van der Waals surface area contributed by atoms with E-state index in [1.54, 1.807) is 0 Å². The van der Waals surface area contributed by atoms with Crippen LogP contribution in [0, 0.1) is 17.5 Å². The number of nitrogens with zero attached hydrogens (tertiary/aromatic N) is 1. The van der Waals surface area contributed by atoms with E-state index in [9.17, 15) is 21.6 Å². The number of hydrogen-bond donors (Lipinski definition) is 1. The van der Waals surface area contributed by atoms with Crippen LogP contribution in [-0.2, 0) is 10.0 Å². The first-order valence-corrected chi connectivity index (χ1v) is 6.70. The zero-order valence-electron chi connectivity index (χ0n) is 9.24. The van der Waals surface area contributed by atoms with Gasteiger partial charge in [-0.15, -0.1) is 0 Å². The third-order valence-corrected chi connectivity index (χ3v) is 4.75. The molecule has 2 rings (SSSR count). The van der Waals surface area contributed by atoms with Crippen LogP contribution >= 0.6 is 0 Å². The van der Waals surface area contributed by atoms with Crippen molar-refractivity contribution in [3.8, 4) is 0 Å². The van der Waals surface area contributed by atoms with E-state index < -0.39 is 38.5 Å². The summed E-state index contributed by atoms with van der Waals surface area (Å²) in [7, 11) is -4.37. The Hall–Kier alpha value is -1.12. The molecule has 8 heteroatoms. The molecule has 100 valence electrons. The Morgan fingerprint density at radius 2 is 1.78 bits per heavy atom. The smallest absolute Gasteiger partial charge is 0.250 e. The standard InChI is InChI=1S/C10H11F3N2O2S/c11-6-4-7(12)10(8(13)5-6)18(16,17)15-3-1-2-9(15)14/h4-5,9H,1-3,14H2. The van der Waals surface area contributed by atoms with Gasteiger partial charge >= 0.3 is 0 Å². The van der Waals surface area contributed by atoms with Gasteiger partial charge in [0, 0.05) is 18.7 Å². The molecule has 1 aliphatic heterocycles. The molecule has 1 saturated heterocycles. The Balaban J connectivity index is 2.54. The van der Waals surface area contributed by atoms with Gasteiger partial charge < -0.3 is 5.73 Å². The van der Waals surface area contributed by atoms with Crippen LogP contribution in [0.3, 0.4) is 0 Å². The van der Waals surface area contributed by atoms with Crippen LogP contribution < -0.4 is 5.73 Å². The summed E-state index contributed by atoms with van der Waals surface area (Å²) in [5, 5.41) is 0. The van der Waals surface area contributed by atoms with E-state index in [-0.39, 0.29) is 6.54 Å². The third-order valence-electron chi connectivity index (χ3n) is 2.78. The molecule has 0 aromatic heterocycles. The first kappa shape index (κ1) is 13.3. The van der Waals surface area contributed by atoms with E-state index in [2.05, 4.69) is 0 Å². The summed E-state index contributed by atoms with van der Waals surface area (Å²) in [4.78, 5) is -1.15. The molecule has 1 unspecified atom stereocenters. The molecule has 18 heavy (non-hydrogen) atoms. The highest BCUT2D eigenvalue weighted by atomic mass is 32.2. The predicted octanol–water partition coefficient (Wildman–Crippen LogP) is 1.17. The Bertz CT molecular complexity index is 553. The lowest BCUT2D eigenvalue weighted by Gasteiger charge is -2.21. The minimum absolute atomic E-state index is 0.0970. The van der Waals surface area contributed by atoms with E-state index in [0.717, 1.165) is 4.31 Å². The number of sulfonamides is 1. The second-order valence-electron chi connectivity index (χ2n) is 4.02. The molecule has 2 N–H and O–H groups in total. The van der Waals surface area contributed by atoms with Crippen molar-refractivity contribution in [3.05, 3.63) is 29.6 Å². The van der Waals surface area contributed by atoms with Crippen molar-refractivity contribution >= 4 is 10.0 Å². The van der Waals surface area contributed by atoms with Gasteiger partial charge in [-0.2, -0.15) is 4.31 Å². The van der Waals surface area contributed by atoms with Crippen molar-refractivity contribution in [2.75, 3.05) is 6.54 Å². The molecular weight excluding hydrogens is 269 g/mol. The van der Waals surface area contributed by atoms with Crippen LogP contribution in [0.25, 0.3) is 0 Å². The van der Waals surface area contributed by atoms with Crippen LogP contribution in [0.4, 0.5) is 13.2 Å². The number of nitrogens with two attached hydrogens (primary N) is 1. The van der Waals surface area contributed by atoms with E-state index in [4.69, 9.17) is 5.73 Å². The molecule has 1 heterocycles. The van der Waals surface area contributed by atoms with Crippen molar-refractivity contribution < 1.29 is 21.6 Å². The first-order valence-electron chi connectivity index (χ1n) is 5.26. The number of benzene rings is 1. The van der Waals surface area contributed by atoms with Crippen molar-refractivity contribution in [2.24, 2.45) is 5.73 Å². The quantitative estimate of drug-likeness (QED) is 0.884. The number of halogens is 3. The zero-order valence-corrected chi connectivity index (χ0v) is 10.1. The Labute approximate surface area is 102 Å². The van der Waals surface area contributed by atoms with Gasteiger partial charge in [-0.3, -0.25) is 0 Å². The second-order valence-corrected chi connectivity index (χ2v) is 5.85. The molecule has 0 radical (unpaired) electrons. The molecule has 1 atom stereocenters. The van der Waals surface area contributed by atoms with Crippen molar-refractivity contribution in [3.63, 3.8) is 0 Å². The highest BCUT2D eigenvalue weighted by molar-refractivity contribution is 7.89. The number of hydrogen-bond acceptors (Lipinski definition) is 3. The van der Waals surface area contributed by atoms with Crippen molar-refractivity contribution in [1.82, 2.24) is 4.31 Å². The maximum Gasteiger partial charge on any atom is 0.250 e. The molecule has 4 nitrogen and oxygen atoms in total. The molecule has 1 aromatic carbocycles. The maximum absolute atomic E-state index is 13.5. The van der Waals surface area contributed by atoms with Gasteiger partial charge in [-0.25, -0.2) is 21.6 Å². The van der Waals surface area contributed by atoms with E-state index in [0.29, 0.717) is 25.0 Å². The van der Waals surface area contributed by atoms with Gasteiger partial charge in [0.15, 0.2) is 4.90 Å². The summed E-state index contributed by atoms with van der Waals surface area (Å²) in [5.41, 5.74) is 5.56. The highest BCUT2D eigenvalue weighted by Crippen LogP contribution is 2.27. The average molecular weight is 280 g/mol. The van der Waals surface area contributed by atoms with Crippen LogP contribution in [-0.4, -0.2) is 25.4 Å². The highest BCUT2D eigenvalue weighted by Gasteiger charge is 2.37. The lowest BCUT2D eigenvalue weighted by molar-refractivity contribution is 0.387. The van der Waals surface area contributed by atoms with Gasteiger partial charge in [0.05, 0.1) is 6.17 Å². The lowest BCUT2D eigenvalue weighted by atomic mass is 10.3. The fourth-order valence-corrected chi connectivity index (χ4v) is 3.63. The summed E-state index contributed by atoms with van der Waals surface area (Å²) in [5.74, 6) is -4.08. The fourth-order valence-electron chi connectivity index (χ4n) is 1.96. The first-order chi connectivity index (χ1) is 8.34. The monoisotopic (exact) mass is 280 g/mol. The fraction of sp³-hybridized carbons (Fsp3) is 0.400. The van der Waals surface area contributed by atoms with Crippen LogP contribution in [0.2, 0.25) is 0 Å². The predicted molar refractivity (Wildman–Crippen MR) is 57.4 cm³/mol. The average Bonchev–Trinajstić information content (AvgIpc) is 2.62. The minimum Gasteiger partial charge on any atom is -0.315 e. The molecule has 1 aliphatic rings. The second kappa shape index (κ2) is 4.52.